The van der Waals surface area contributed by atoms with E-state index in [1.807, 2.05) is 53.4 Å². The first-order valence-corrected chi connectivity index (χ1v) is 7.21. The maximum atomic E-state index is 12.5. The van der Waals surface area contributed by atoms with Gasteiger partial charge in [-0.1, -0.05) is 42.5 Å². The van der Waals surface area contributed by atoms with Crippen LogP contribution in [0.2, 0.25) is 0 Å². The van der Waals surface area contributed by atoms with E-state index in [-0.39, 0.29) is 5.91 Å². The molecule has 1 aliphatic rings. The van der Waals surface area contributed by atoms with E-state index in [0.717, 1.165) is 37.1 Å². The summed E-state index contributed by atoms with van der Waals surface area (Å²) in [5.41, 5.74) is 2.75. The Labute approximate surface area is 120 Å². The molecule has 1 aliphatic heterocycles. The fourth-order valence-corrected chi connectivity index (χ4v) is 2.65. The van der Waals surface area contributed by atoms with Crippen LogP contribution in [-0.4, -0.2) is 23.9 Å². The highest BCUT2D eigenvalue weighted by Gasteiger charge is 2.18. The van der Waals surface area contributed by atoms with Gasteiger partial charge in [0.2, 0.25) is 0 Å². The summed E-state index contributed by atoms with van der Waals surface area (Å²) >= 11 is 0. The molecular weight excluding hydrogens is 246 g/mol. The van der Waals surface area contributed by atoms with Crippen LogP contribution >= 0.6 is 0 Å². The lowest BCUT2D eigenvalue weighted by atomic mass is 10.0. The van der Waals surface area contributed by atoms with E-state index in [9.17, 15) is 4.79 Å². The smallest absolute Gasteiger partial charge is 0.254 e. The molecule has 0 spiro atoms. The quantitative estimate of drug-likeness (QED) is 0.808. The van der Waals surface area contributed by atoms with Crippen molar-refractivity contribution in [2.24, 2.45) is 0 Å². The van der Waals surface area contributed by atoms with Crippen molar-refractivity contribution in [3.8, 4) is 11.1 Å². The Balaban J connectivity index is 1.85. The Bertz CT molecular complexity index is 585. The molecule has 2 nitrogen and oxygen atoms in total. The minimum Gasteiger partial charge on any atom is -0.339 e. The standard InChI is InChI=1S/C18H18NO/c20-18(19-12-5-2-6-13-19)17-11-7-10-16(14-17)15-8-3-1-4-9-15/h1,3-4,7-11H,2,5-6,12-13H2. The third kappa shape index (κ3) is 2.74. The predicted octanol–water partition coefficient (Wildman–Crippen LogP) is 3.78. The van der Waals surface area contributed by atoms with Gasteiger partial charge in [0.1, 0.15) is 0 Å². The van der Waals surface area contributed by atoms with Gasteiger partial charge >= 0.3 is 0 Å². The summed E-state index contributed by atoms with van der Waals surface area (Å²) in [6, 6.07) is 19.2. The fraction of sp³-hybridized carbons (Fsp3) is 0.278. The largest absolute Gasteiger partial charge is 0.339 e. The number of rotatable bonds is 2. The van der Waals surface area contributed by atoms with E-state index in [1.165, 1.54) is 6.42 Å². The molecule has 0 aliphatic carbocycles. The molecule has 1 heterocycles. The van der Waals surface area contributed by atoms with Crippen molar-refractivity contribution in [1.82, 2.24) is 4.90 Å². The molecule has 0 N–H and O–H groups in total. The molecule has 0 aromatic heterocycles. The number of hydrogen-bond donors (Lipinski definition) is 0. The van der Waals surface area contributed by atoms with Crippen molar-refractivity contribution in [2.45, 2.75) is 19.3 Å². The number of benzene rings is 2. The van der Waals surface area contributed by atoms with Gasteiger partial charge in [0.15, 0.2) is 0 Å². The van der Waals surface area contributed by atoms with E-state index >= 15 is 0 Å². The number of carbonyl (C=O) groups is 1. The first kappa shape index (κ1) is 12.9. The molecule has 101 valence electrons. The van der Waals surface area contributed by atoms with E-state index in [1.54, 1.807) is 0 Å². The Kier molecular flexibility index (Phi) is 3.82. The van der Waals surface area contributed by atoms with Crippen molar-refractivity contribution < 1.29 is 4.79 Å². The number of carbonyl (C=O) groups excluding carboxylic acids is 1. The van der Waals surface area contributed by atoms with Crippen molar-refractivity contribution >= 4 is 5.91 Å². The maximum Gasteiger partial charge on any atom is 0.254 e. The minimum atomic E-state index is 0.113. The highest BCUT2D eigenvalue weighted by molar-refractivity contribution is 5.95. The fourth-order valence-electron chi connectivity index (χ4n) is 2.65. The molecule has 1 fully saturated rings. The van der Waals surface area contributed by atoms with Crippen molar-refractivity contribution in [2.75, 3.05) is 13.1 Å². The van der Waals surface area contributed by atoms with Gasteiger partial charge in [0.05, 0.1) is 0 Å². The molecule has 2 aromatic rings. The minimum absolute atomic E-state index is 0.113. The summed E-state index contributed by atoms with van der Waals surface area (Å²) in [4.78, 5) is 14.4. The Hall–Kier alpha value is -2.09. The van der Waals surface area contributed by atoms with Crippen LogP contribution in [0.3, 0.4) is 0 Å². The van der Waals surface area contributed by atoms with Crippen LogP contribution < -0.4 is 0 Å². The average molecular weight is 264 g/mol. The second-order valence-corrected chi connectivity index (χ2v) is 5.20. The maximum absolute atomic E-state index is 12.5. The van der Waals surface area contributed by atoms with E-state index in [0.29, 0.717) is 5.56 Å². The van der Waals surface area contributed by atoms with Gasteiger partial charge in [0, 0.05) is 24.7 Å². The average Bonchev–Trinajstić information content (AvgIpc) is 2.56. The zero-order valence-corrected chi connectivity index (χ0v) is 11.5. The summed E-state index contributed by atoms with van der Waals surface area (Å²) < 4.78 is 0. The first-order valence-electron chi connectivity index (χ1n) is 7.21. The van der Waals surface area contributed by atoms with Crippen LogP contribution in [0.1, 0.15) is 29.6 Å². The summed E-state index contributed by atoms with van der Waals surface area (Å²) in [5, 5.41) is 0. The van der Waals surface area contributed by atoms with Gasteiger partial charge in [-0.25, -0.2) is 0 Å². The molecule has 2 heteroatoms. The lowest BCUT2D eigenvalue weighted by Crippen LogP contribution is -2.35. The molecule has 0 saturated carbocycles. The topological polar surface area (TPSA) is 20.3 Å². The van der Waals surface area contributed by atoms with E-state index in [2.05, 4.69) is 6.07 Å². The summed E-state index contributed by atoms with van der Waals surface area (Å²) in [5.74, 6) is 0.113. The van der Waals surface area contributed by atoms with Crippen molar-refractivity contribution in [1.29, 1.82) is 0 Å². The molecule has 3 rings (SSSR count). The SMILES string of the molecule is O=C(c1[c]c(-c2ccccc2)ccc1)N1CCCCC1. The monoisotopic (exact) mass is 264 g/mol. The second-order valence-electron chi connectivity index (χ2n) is 5.20. The van der Waals surface area contributed by atoms with Crippen LogP contribution in [0.5, 0.6) is 0 Å². The first-order chi connectivity index (χ1) is 9.84. The molecule has 0 bridgehead atoms. The Morgan fingerprint density at radius 1 is 0.900 bits per heavy atom. The van der Waals surface area contributed by atoms with E-state index < -0.39 is 0 Å². The predicted molar refractivity (Wildman–Crippen MR) is 80.5 cm³/mol. The third-order valence-electron chi connectivity index (χ3n) is 3.75. The number of amides is 1. The van der Waals surface area contributed by atoms with Crippen LogP contribution in [0.4, 0.5) is 0 Å². The highest BCUT2D eigenvalue weighted by Crippen LogP contribution is 2.21. The normalized spacial score (nSPS) is 15.1. The molecule has 1 radical (unpaired) electrons. The number of likely N-dealkylation sites (tertiary alicyclic amines) is 1. The number of hydrogen-bond acceptors (Lipinski definition) is 1. The zero-order chi connectivity index (χ0) is 13.8. The Morgan fingerprint density at radius 2 is 1.65 bits per heavy atom. The van der Waals surface area contributed by atoms with Crippen LogP contribution in [-0.2, 0) is 0 Å². The lowest BCUT2D eigenvalue weighted by molar-refractivity contribution is 0.0724. The molecular formula is C18H18NO. The summed E-state index contributed by atoms with van der Waals surface area (Å²) in [6.45, 7) is 1.75. The molecule has 20 heavy (non-hydrogen) atoms. The molecule has 0 unspecified atom stereocenters. The number of nitrogens with zero attached hydrogens (tertiary/aromatic N) is 1. The van der Waals surface area contributed by atoms with Crippen LogP contribution in [0, 0.1) is 6.07 Å². The Morgan fingerprint density at radius 3 is 2.40 bits per heavy atom. The van der Waals surface area contributed by atoms with Gasteiger partial charge < -0.3 is 4.90 Å². The number of piperidine rings is 1. The molecule has 1 saturated heterocycles. The third-order valence-corrected chi connectivity index (χ3v) is 3.75. The summed E-state index contributed by atoms with van der Waals surface area (Å²) in [6.07, 6.45) is 3.46. The van der Waals surface area contributed by atoms with Gasteiger partial charge in [-0.05, 0) is 36.5 Å². The zero-order valence-electron chi connectivity index (χ0n) is 11.5. The highest BCUT2D eigenvalue weighted by atomic mass is 16.2. The van der Waals surface area contributed by atoms with Gasteiger partial charge in [-0.2, -0.15) is 0 Å². The van der Waals surface area contributed by atoms with Gasteiger partial charge in [-0.15, -0.1) is 0 Å². The molecule has 0 atom stereocenters. The van der Waals surface area contributed by atoms with Crippen molar-refractivity contribution in [3.05, 3.63) is 60.2 Å². The van der Waals surface area contributed by atoms with Gasteiger partial charge in [0.25, 0.3) is 5.91 Å². The van der Waals surface area contributed by atoms with Gasteiger partial charge in [-0.3, -0.25) is 4.79 Å². The van der Waals surface area contributed by atoms with Crippen LogP contribution in [0.15, 0.2) is 48.5 Å². The lowest BCUT2D eigenvalue weighted by Gasteiger charge is -2.26. The summed E-state index contributed by atoms with van der Waals surface area (Å²) in [7, 11) is 0. The molecule has 1 amide bonds. The van der Waals surface area contributed by atoms with E-state index in [4.69, 9.17) is 0 Å². The van der Waals surface area contributed by atoms with Crippen molar-refractivity contribution in [3.63, 3.8) is 0 Å². The second kappa shape index (κ2) is 5.91. The van der Waals surface area contributed by atoms with Crippen LogP contribution in [0.25, 0.3) is 11.1 Å². The molecule has 2 aromatic carbocycles.